The second kappa shape index (κ2) is 2.45. The molecule has 0 radical (unpaired) electrons. The summed E-state index contributed by atoms with van der Waals surface area (Å²) in [5.74, 6) is -0.193. The lowest BCUT2D eigenvalue weighted by Gasteiger charge is -2.04. The second-order valence-electron chi connectivity index (χ2n) is 2.31. The lowest BCUT2D eigenvalue weighted by Crippen LogP contribution is -1.99. The first kappa shape index (κ1) is 7.54. The summed E-state index contributed by atoms with van der Waals surface area (Å²) in [6, 6.07) is 1.18. The fourth-order valence-electron chi connectivity index (χ4n) is 1.04. The molecule has 12 heavy (non-hydrogen) atoms. The van der Waals surface area contributed by atoms with Crippen LogP contribution in [0.4, 0.5) is 4.39 Å². The number of hydrogen-bond acceptors (Lipinski definition) is 2. The summed E-state index contributed by atoms with van der Waals surface area (Å²) in [5.41, 5.74) is 0.292. The van der Waals surface area contributed by atoms with Crippen molar-refractivity contribution < 1.29 is 9.60 Å². The highest BCUT2D eigenvalue weighted by Crippen LogP contribution is 2.30. The first-order valence-corrected chi connectivity index (χ1v) is 4.00. The maximum Gasteiger partial charge on any atom is 0.179 e. The Hall–Kier alpha value is -1.10. The Balaban J connectivity index is 2.84. The van der Waals surface area contributed by atoms with Crippen molar-refractivity contribution in [3.8, 4) is 11.4 Å². The van der Waals surface area contributed by atoms with E-state index in [0.29, 0.717) is 10.0 Å². The van der Waals surface area contributed by atoms with Gasteiger partial charge in [-0.25, -0.2) is 9.37 Å². The van der Waals surface area contributed by atoms with Crippen molar-refractivity contribution in [1.82, 2.24) is 9.71 Å². The smallest absolute Gasteiger partial charge is 0.179 e. The molecule has 0 unspecified atom stereocenters. The van der Waals surface area contributed by atoms with Gasteiger partial charge in [0, 0.05) is 16.9 Å². The van der Waals surface area contributed by atoms with Crippen LogP contribution >= 0.6 is 15.9 Å². The quantitative estimate of drug-likeness (QED) is 0.705. The summed E-state index contributed by atoms with van der Waals surface area (Å²) >= 11 is 3.12. The van der Waals surface area contributed by atoms with Gasteiger partial charge in [0.25, 0.3) is 0 Å². The van der Waals surface area contributed by atoms with Crippen LogP contribution in [-0.2, 0) is 0 Å². The van der Waals surface area contributed by atoms with Crippen LogP contribution in [0.3, 0.4) is 0 Å². The van der Waals surface area contributed by atoms with Gasteiger partial charge in [0.15, 0.2) is 5.82 Å². The van der Waals surface area contributed by atoms with Crippen molar-refractivity contribution in [2.75, 3.05) is 0 Å². The summed E-state index contributed by atoms with van der Waals surface area (Å²) in [5, 5.41) is 9.18. The molecule has 2 heterocycles. The SMILES string of the molecule is On1ccc(F)c2c(Br)cnc1-2. The third kappa shape index (κ3) is 0.896. The minimum absolute atomic E-state index is 0.210. The van der Waals surface area contributed by atoms with E-state index in [1.807, 2.05) is 0 Å². The van der Waals surface area contributed by atoms with Crippen molar-refractivity contribution >= 4 is 15.9 Å². The lowest BCUT2D eigenvalue weighted by molar-refractivity contribution is 0.185. The minimum atomic E-state index is -0.403. The van der Waals surface area contributed by atoms with E-state index in [1.54, 1.807) is 0 Å². The van der Waals surface area contributed by atoms with Gasteiger partial charge in [-0.15, -0.1) is 0 Å². The Morgan fingerprint density at radius 2 is 2.33 bits per heavy atom. The highest BCUT2D eigenvalue weighted by atomic mass is 79.9. The molecule has 5 heteroatoms. The molecule has 0 saturated heterocycles. The summed E-state index contributed by atoms with van der Waals surface area (Å²) in [4.78, 5) is 3.80. The fraction of sp³-hybridized carbons (Fsp3) is 0. The largest absolute Gasteiger partial charge is 0.427 e. The highest BCUT2D eigenvalue weighted by Gasteiger charge is 2.17. The molecule has 0 atom stereocenters. The van der Waals surface area contributed by atoms with Gasteiger partial charge in [-0.1, -0.05) is 0 Å². The number of fused-ring (bicyclic) bond motifs is 1. The molecule has 0 aromatic heterocycles. The van der Waals surface area contributed by atoms with Crippen LogP contribution < -0.4 is 0 Å². The Morgan fingerprint density at radius 1 is 1.58 bits per heavy atom. The molecule has 0 aromatic rings. The molecule has 0 saturated carbocycles. The van der Waals surface area contributed by atoms with Crippen LogP contribution in [0.2, 0.25) is 0 Å². The van der Waals surface area contributed by atoms with Crippen molar-refractivity contribution in [1.29, 1.82) is 0 Å². The zero-order chi connectivity index (χ0) is 8.72. The van der Waals surface area contributed by atoms with Crippen molar-refractivity contribution in [3.05, 3.63) is 28.7 Å². The normalized spacial score (nSPS) is 10.8. The molecule has 0 bridgehead atoms. The molecule has 0 aliphatic carbocycles. The topological polar surface area (TPSA) is 38.0 Å². The maximum absolute atomic E-state index is 13.1. The predicted molar refractivity (Wildman–Crippen MR) is 43.7 cm³/mol. The summed E-state index contributed by atoms with van der Waals surface area (Å²) in [6.45, 7) is 0. The van der Waals surface area contributed by atoms with Gasteiger partial charge in [0.1, 0.15) is 5.82 Å². The van der Waals surface area contributed by atoms with E-state index in [2.05, 4.69) is 20.9 Å². The molecule has 0 aromatic carbocycles. The minimum Gasteiger partial charge on any atom is -0.427 e. The van der Waals surface area contributed by atoms with E-state index >= 15 is 0 Å². The summed E-state index contributed by atoms with van der Waals surface area (Å²) in [7, 11) is 0. The third-order valence-corrected chi connectivity index (χ3v) is 2.18. The van der Waals surface area contributed by atoms with Gasteiger partial charge in [0.2, 0.25) is 0 Å². The van der Waals surface area contributed by atoms with E-state index in [4.69, 9.17) is 0 Å². The average Bonchev–Trinajstić information content (AvgIpc) is 2.42. The molecule has 2 aliphatic rings. The van der Waals surface area contributed by atoms with Crippen LogP contribution in [0.15, 0.2) is 22.9 Å². The molecule has 0 spiro atoms. The van der Waals surface area contributed by atoms with E-state index in [1.165, 1.54) is 18.5 Å². The fourth-order valence-corrected chi connectivity index (χ4v) is 1.51. The Bertz CT molecular complexity index is 401. The Kier molecular flexibility index (Phi) is 1.54. The first-order valence-electron chi connectivity index (χ1n) is 3.20. The molecular weight excluding hydrogens is 227 g/mol. The highest BCUT2D eigenvalue weighted by molar-refractivity contribution is 9.10. The van der Waals surface area contributed by atoms with Crippen LogP contribution in [0.5, 0.6) is 0 Å². The maximum atomic E-state index is 13.1. The number of nitrogens with zero attached hydrogens (tertiary/aromatic N) is 2. The number of aromatic nitrogens is 2. The van der Waals surface area contributed by atoms with Gasteiger partial charge < -0.3 is 5.21 Å². The van der Waals surface area contributed by atoms with Gasteiger partial charge in [-0.3, -0.25) is 0 Å². The monoisotopic (exact) mass is 230 g/mol. The van der Waals surface area contributed by atoms with Crippen LogP contribution in [0.1, 0.15) is 0 Å². The molecule has 0 amide bonds. The first-order chi connectivity index (χ1) is 5.70. The van der Waals surface area contributed by atoms with Crippen molar-refractivity contribution in [2.45, 2.75) is 0 Å². The molecule has 1 N–H and O–H groups in total. The van der Waals surface area contributed by atoms with Crippen LogP contribution in [0, 0.1) is 5.82 Å². The van der Waals surface area contributed by atoms with Gasteiger partial charge in [-0.05, 0) is 22.0 Å². The standard InChI is InChI=1S/C7H4BrFN2O/c8-4-3-10-7-6(4)5(9)1-2-11(7)12/h1-3,12H. The van der Waals surface area contributed by atoms with Crippen LogP contribution in [-0.4, -0.2) is 14.9 Å². The van der Waals surface area contributed by atoms with Crippen molar-refractivity contribution in [3.63, 3.8) is 0 Å². The molecule has 0 fully saturated rings. The zero-order valence-electron chi connectivity index (χ0n) is 5.83. The summed E-state index contributed by atoms with van der Waals surface area (Å²) < 4.78 is 14.4. The van der Waals surface area contributed by atoms with E-state index in [0.717, 1.165) is 4.73 Å². The molecule has 62 valence electrons. The van der Waals surface area contributed by atoms with E-state index in [-0.39, 0.29) is 5.82 Å². The van der Waals surface area contributed by atoms with Gasteiger partial charge in [0.05, 0.1) is 5.56 Å². The zero-order valence-corrected chi connectivity index (χ0v) is 7.42. The van der Waals surface area contributed by atoms with Crippen molar-refractivity contribution in [2.24, 2.45) is 0 Å². The van der Waals surface area contributed by atoms with Crippen LogP contribution in [0.25, 0.3) is 11.4 Å². The third-order valence-electron chi connectivity index (χ3n) is 1.58. The Morgan fingerprint density at radius 3 is 3.00 bits per heavy atom. The molecule has 2 aliphatic heterocycles. The van der Waals surface area contributed by atoms with E-state index < -0.39 is 5.82 Å². The Labute approximate surface area is 75.9 Å². The van der Waals surface area contributed by atoms with Gasteiger partial charge in [-0.2, -0.15) is 4.73 Å². The van der Waals surface area contributed by atoms with E-state index in [9.17, 15) is 9.60 Å². The van der Waals surface area contributed by atoms with Gasteiger partial charge >= 0.3 is 0 Å². The average molecular weight is 231 g/mol. The molecule has 3 nitrogen and oxygen atoms in total. The second-order valence-corrected chi connectivity index (χ2v) is 3.17. The summed E-state index contributed by atoms with van der Waals surface area (Å²) in [6.07, 6.45) is 2.65. The number of rotatable bonds is 0. The number of pyridine rings is 1. The number of halogens is 2. The molecule has 2 rings (SSSR count). The predicted octanol–water partition coefficient (Wildman–Crippen LogP) is 2.13. The molecular formula is C7H4BrFN2O. The number of hydrogen-bond donors (Lipinski definition) is 1. The lowest BCUT2D eigenvalue weighted by atomic mass is 10.2.